The highest BCUT2D eigenvalue weighted by molar-refractivity contribution is 5.77. The van der Waals surface area contributed by atoms with Gasteiger partial charge in [-0.05, 0) is 25.0 Å². The summed E-state index contributed by atoms with van der Waals surface area (Å²) in [5.74, 6) is -0.00921. The number of hydrogen-bond acceptors (Lipinski definition) is 3. The molecule has 5 nitrogen and oxygen atoms in total. The van der Waals surface area contributed by atoms with Crippen molar-refractivity contribution in [3.8, 4) is 0 Å². The van der Waals surface area contributed by atoms with Crippen LogP contribution in [0.3, 0.4) is 0 Å². The van der Waals surface area contributed by atoms with Crippen molar-refractivity contribution in [2.45, 2.75) is 26.8 Å². The first-order valence-electron chi connectivity index (χ1n) is 6.73. The van der Waals surface area contributed by atoms with Gasteiger partial charge in [0.05, 0.1) is 6.61 Å². The maximum atomic E-state index is 11.9. The smallest absolute Gasteiger partial charge is 0.407 e. The van der Waals surface area contributed by atoms with E-state index in [0.29, 0.717) is 13.2 Å². The van der Waals surface area contributed by atoms with E-state index in [1.807, 2.05) is 31.2 Å². The molecule has 1 N–H and O–H groups in total. The summed E-state index contributed by atoms with van der Waals surface area (Å²) >= 11 is 0. The number of carbonyl (C=O) groups excluding carboxylic acids is 2. The van der Waals surface area contributed by atoms with Crippen LogP contribution >= 0.6 is 0 Å². The first-order valence-corrected chi connectivity index (χ1v) is 6.73. The average Bonchev–Trinajstić information content (AvgIpc) is 2.41. The number of nitrogens with one attached hydrogen (secondary N) is 1. The number of aryl methyl sites for hydroxylation is 1. The second-order valence-corrected chi connectivity index (χ2v) is 4.57. The van der Waals surface area contributed by atoms with E-state index < -0.39 is 6.09 Å². The van der Waals surface area contributed by atoms with Crippen LogP contribution in [0.15, 0.2) is 24.3 Å². The molecule has 0 spiro atoms. The van der Waals surface area contributed by atoms with Crippen LogP contribution in [0.1, 0.15) is 24.5 Å². The largest absolute Gasteiger partial charge is 0.450 e. The van der Waals surface area contributed by atoms with Gasteiger partial charge in [-0.2, -0.15) is 0 Å². The van der Waals surface area contributed by atoms with Gasteiger partial charge in [0.25, 0.3) is 0 Å². The molecule has 5 heteroatoms. The van der Waals surface area contributed by atoms with Crippen molar-refractivity contribution in [2.75, 3.05) is 20.2 Å². The molecule has 1 aromatic rings. The van der Waals surface area contributed by atoms with Gasteiger partial charge in [0.1, 0.15) is 0 Å². The van der Waals surface area contributed by atoms with Gasteiger partial charge in [-0.1, -0.05) is 24.3 Å². The highest BCUT2D eigenvalue weighted by Crippen LogP contribution is 2.09. The van der Waals surface area contributed by atoms with Crippen LogP contribution in [0.2, 0.25) is 0 Å². The molecule has 0 saturated carbocycles. The molecule has 0 heterocycles. The van der Waals surface area contributed by atoms with Crippen molar-refractivity contribution < 1.29 is 14.3 Å². The lowest BCUT2D eigenvalue weighted by Crippen LogP contribution is -2.32. The Balaban J connectivity index is 2.36. The Labute approximate surface area is 119 Å². The predicted octanol–water partition coefficient (Wildman–Crippen LogP) is 2.09. The minimum absolute atomic E-state index is 0.00921. The number of benzene rings is 1. The minimum Gasteiger partial charge on any atom is -0.450 e. The number of nitrogens with zero attached hydrogens (tertiary/aromatic N) is 1. The van der Waals surface area contributed by atoms with Crippen LogP contribution in [0, 0.1) is 6.92 Å². The van der Waals surface area contributed by atoms with Crippen molar-refractivity contribution in [1.82, 2.24) is 10.2 Å². The predicted molar refractivity (Wildman–Crippen MR) is 77.3 cm³/mol. The molecule has 0 unspecified atom stereocenters. The number of alkyl carbamates (subject to hydrolysis) is 1. The quantitative estimate of drug-likeness (QED) is 0.867. The molecule has 110 valence electrons. The van der Waals surface area contributed by atoms with E-state index in [1.54, 1.807) is 18.9 Å². The Morgan fingerprint density at radius 3 is 2.65 bits per heavy atom. The summed E-state index contributed by atoms with van der Waals surface area (Å²) in [7, 11) is 1.76. The fourth-order valence-electron chi connectivity index (χ4n) is 1.78. The van der Waals surface area contributed by atoms with Crippen LogP contribution in [0.25, 0.3) is 0 Å². The third-order valence-corrected chi connectivity index (χ3v) is 2.98. The third kappa shape index (κ3) is 5.30. The lowest BCUT2D eigenvalue weighted by Gasteiger charge is -2.18. The van der Waals surface area contributed by atoms with E-state index in [0.717, 1.165) is 11.1 Å². The molecule has 1 aromatic carbocycles. The Morgan fingerprint density at radius 1 is 1.30 bits per heavy atom. The van der Waals surface area contributed by atoms with Crippen LogP contribution in [-0.4, -0.2) is 37.1 Å². The zero-order valence-corrected chi connectivity index (χ0v) is 12.3. The van der Waals surface area contributed by atoms with E-state index in [4.69, 9.17) is 4.74 Å². The Bertz CT molecular complexity index is 460. The van der Waals surface area contributed by atoms with Crippen molar-refractivity contribution in [1.29, 1.82) is 0 Å². The van der Waals surface area contributed by atoms with E-state index in [9.17, 15) is 9.59 Å². The molecule has 0 atom stereocenters. The molecule has 0 fully saturated rings. The van der Waals surface area contributed by atoms with E-state index >= 15 is 0 Å². The summed E-state index contributed by atoms with van der Waals surface area (Å²) in [4.78, 5) is 24.7. The zero-order valence-electron chi connectivity index (χ0n) is 12.3. The molecule has 1 rings (SSSR count). The van der Waals surface area contributed by atoms with Crippen LogP contribution in [0.5, 0.6) is 0 Å². The summed E-state index contributed by atoms with van der Waals surface area (Å²) in [5, 5.41) is 2.54. The third-order valence-electron chi connectivity index (χ3n) is 2.98. The highest BCUT2D eigenvalue weighted by Gasteiger charge is 2.10. The first kappa shape index (κ1) is 16.0. The molecule has 0 bridgehead atoms. The number of ether oxygens (including phenoxy) is 1. The van der Waals surface area contributed by atoms with Gasteiger partial charge in [0, 0.05) is 26.6 Å². The summed E-state index contributed by atoms with van der Waals surface area (Å²) in [5.41, 5.74) is 2.29. The van der Waals surface area contributed by atoms with Crippen LogP contribution in [-0.2, 0) is 16.1 Å². The fourth-order valence-corrected chi connectivity index (χ4v) is 1.78. The van der Waals surface area contributed by atoms with Crippen molar-refractivity contribution >= 4 is 12.0 Å². The summed E-state index contributed by atoms with van der Waals surface area (Å²) in [6, 6.07) is 7.97. The maximum Gasteiger partial charge on any atom is 0.407 e. The molecule has 20 heavy (non-hydrogen) atoms. The average molecular weight is 278 g/mol. The van der Waals surface area contributed by atoms with Gasteiger partial charge in [-0.3, -0.25) is 4.79 Å². The summed E-state index contributed by atoms with van der Waals surface area (Å²) < 4.78 is 4.72. The molecule has 2 amide bonds. The topological polar surface area (TPSA) is 58.6 Å². The van der Waals surface area contributed by atoms with Gasteiger partial charge in [0.2, 0.25) is 5.91 Å². The molecular formula is C15H22N2O3. The SMILES string of the molecule is CCOC(=O)NCCC(=O)N(C)Cc1ccccc1C. The van der Waals surface area contributed by atoms with E-state index in [-0.39, 0.29) is 18.9 Å². The summed E-state index contributed by atoms with van der Waals surface area (Å²) in [6.45, 7) is 4.95. The molecule has 0 aliphatic carbocycles. The van der Waals surface area contributed by atoms with Gasteiger partial charge < -0.3 is 15.0 Å². The van der Waals surface area contributed by atoms with Crippen LogP contribution in [0.4, 0.5) is 4.79 Å². The zero-order chi connectivity index (χ0) is 15.0. The van der Waals surface area contributed by atoms with Gasteiger partial charge >= 0.3 is 6.09 Å². The first-order chi connectivity index (χ1) is 9.54. The van der Waals surface area contributed by atoms with Gasteiger partial charge in [-0.15, -0.1) is 0 Å². The summed E-state index contributed by atoms with van der Waals surface area (Å²) in [6.07, 6.45) is -0.219. The molecule has 0 saturated heterocycles. The fraction of sp³-hybridized carbons (Fsp3) is 0.467. The number of carbonyl (C=O) groups is 2. The second-order valence-electron chi connectivity index (χ2n) is 4.57. The van der Waals surface area contributed by atoms with Crippen molar-refractivity contribution in [3.63, 3.8) is 0 Å². The maximum absolute atomic E-state index is 11.9. The Morgan fingerprint density at radius 2 is 2.00 bits per heavy atom. The van der Waals surface area contributed by atoms with Gasteiger partial charge in [0.15, 0.2) is 0 Å². The lowest BCUT2D eigenvalue weighted by molar-refractivity contribution is -0.130. The van der Waals surface area contributed by atoms with E-state index in [1.165, 1.54) is 0 Å². The molecule has 0 aliphatic heterocycles. The molecule has 0 aliphatic rings. The number of rotatable bonds is 6. The monoisotopic (exact) mass is 278 g/mol. The molecule has 0 radical (unpaired) electrons. The normalized spacial score (nSPS) is 9.95. The molecule has 0 aromatic heterocycles. The Hall–Kier alpha value is -2.04. The second kappa shape index (κ2) is 8.19. The van der Waals surface area contributed by atoms with Crippen molar-refractivity contribution in [2.24, 2.45) is 0 Å². The highest BCUT2D eigenvalue weighted by atomic mass is 16.5. The Kier molecular flexibility index (Phi) is 6.56. The minimum atomic E-state index is -0.484. The van der Waals surface area contributed by atoms with Gasteiger partial charge in [-0.25, -0.2) is 4.79 Å². The lowest BCUT2D eigenvalue weighted by atomic mass is 10.1. The van der Waals surface area contributed by atoms with Crippen LogP contribution < -0.4 is 5.32 Å². The van der Waals surface area contributed by atoms with E-state index in [2.05, 4.69) is 5.32 Å². The van der Waals surface area contributed by atoms with Crippen molar-refractivity contribution in [3.05, 3.63) is 35.4 Å². The number of amides is 2. The number of hydrogen-bond donors (Lipinski definition) is 1. The standard InChI is InChI=1S/C15H22N2O3/c1-4-20-15(19)16-10-9-14(18)17(3)11-13-8-6-5-7-12(13)2/h5-8H,4,9-11H2,1-3H3,(H,16,19). The molecular weight excluding hydrogens is 256 g/mol.